The molecule has 2 fully saturated rings. The number of carbonyl (C=O) groups is 2. The molecule has 1 saturated heterocycles. The van der Waals surface area contributed by atoms with E-state index in [4.69, 9.17) is 9.63 Å². The lowest BCUT2D eigenvalue weighted by Crippen LogP contribution is -2.40. The van der Waals surface area contributed by atoms with Crippen LogP contribution in [0.2, 0.25) is 0 Å². The number of amides is 1. The van der Waals surface area contributed by atoms with Crippen LogP contribution < -0.4 is 0 Å². The van der Waals surface area contributed by atoms with Crippen molar-refractivity contribution in [2.24, 2.45) is 11.3 Å². The molecule has 1 N–H and O–H groups in total. The van der Waals surface area contributed by atoms with Crippen molar-refractivity contribution < 1.29 is 19.2 Å². The van der Waals surface area contributed by atoms with Gasteiger partial charge in [0, 0.05) is 37.1 Å². The minimum atomic E-state index is -0.715. The van der Waals surface area contributed by atoms with Crippen molar-refractivity contribution in [1.29, 1.82) is 0 Å². The van der Waals surface area contributed by atoms with Crippen LogP contribution in [-0.2, 0) is 4.79 Å². The van der Waals surface area contributed by atoms with E-state index in [1.807, 2.05) is 6.07 Å². The van der Waals surface area contributed by atoms with Gasteiger partial charge in [0.15, 0.2) is 11.5 Å². The van der Waals surface area contributed by atoms with Crippen molar-refractivity contribution in [3.63, 3.8) is 0 Å². The average molecular weight is 327 g/mol. The van der Waals surface area contributed by atoms with Gasteiger partial charge in [-0.15, -0.1) is 0 Å². The summed E-state index contributed by atoms with van der Waals surface area (Å²) in [6, 6.07) is 5.25. The zero-order valence-electron chi connectivity index (χ0n) is 13.0. The molecule has 1 aliphatic heterocycles. The van der Waals surface area contributed by atoms with E-state index in [-0.39, 0.29) is 22.9 Å². The van der Waals surface area contributed by atoms with E-state index in [1.165, 1.54) is 0 Å². The van der Waals surface area contributed by atoms with Gasteiger partial charge in [0.25, 0.3) is 5.91 Å². The molecular formula is C17H17N3O4. The van der Waals surface area contributed by atoms with Crippen LogP contribution in [0, 0.1) is 11.3 Å². The van der Waals surface area contributed by atoms with Crippen molar-refractivity contribution in [2.45, 2.75) is 19.3 Å². The Morgan fingerprint density at radius 2 is 2.12 bits per heavy atom. The maximum absolute atomic E-state index is 12.6. The predicted octanol–water partition coefficient (Wildman–Crippen LogP) is 2.06. The first-order valence-electron chi connectivity index (χ1n) is 7.98. The van der Waals surface area contributed by atoms with E-state index in [0.717, 1.165) is 24.8 Å². The van der Waals surface area contributed by atoms with Crippen LogP contribution in [0.15, 0.2) is 35.1 Å². The molecular weight excluding hydrogens is 310 g/mol. The molecule has 1 atom stereocenters. The molecule has 2 aromatic heterocycles. The minimum Gasteiger partial charge on any atom is -0.481 e. The summed E-state index contributed by atoms with van der Waals surface area (Å²) in [4.78, 5) is 29.4. The molecule has 7 nitrogen and oxygen atoms in total. The fourth-order valence-electron chi connectivity index (χ4n) is 3.59. The normalized spacial score (nSPS) is 21.7. The highest BCUT2D eigenvalue weighted by Crippen LogP contribution is 2.59. The molecule has 124 valence electrons. The van der Waals surface area contributed by atoms with Crippen LogP contribution in [0.3, 0.4) is 0 Å². The number of likely N-dealkylation sites (tertiary alicyclic amines) is 1. The monoisotopic (exact) mass is 327 g/mol. The summed E-state index contributed by atoms with van der Waals surface area (Å²) < 4.78 is 5.25. The fourth-order valence-corrected chi connectivity index (χ4v) is 3.59. The third kappa shape index (κ3) is 2.46. The lowest BCUT2D eigenvalue weighted by molar-refractivity contribution is -0.139. The molecule has 0 aromatic carbocycles. The molecule has 3 heterocycles. The fraction of sp³-hybridized carbons (Fsp3) is 0.412. The van der Waals surface area contributed by atoms with Gasteiger partial charge in [-0.25, -0.2) is 0 Å². The topological polar surface area (TPSA) is 96.5 Å². The number of carboxylic acid groups (broad SMARTS) is 1. The Morgan fingerprint density at radius 1 is 1.33 bits per heavy atom. The van der Waals surface area contributed by atoms with Gasteiger partial charge in [-0.3, -0.25) is 14.6 Å². The second-order valence-electron chi connectivity index (χ2n) is 6.57. The summed E-state index contributed by atoms with van der Waals surface area (Å²) >= 11 is 0. The van der Waals surface area contributed by atoms with E-state index >= 15 is 0 Å². The van der Waals surface area contributed by atoms with Gasteiger partial charge in [-0.05, 0) is 36.8 Å². The van der Waals surface area contributed by atoms with Gasteiger partial charge < -0.3 is 14.5 Å². The summed E-state index contributed by atoms with van der Waals surface area (Å²) in [6.45, 7) is 1.13. The standard InChI is InChI=1S/C17H17N3O4/c21-15(13-8-14(24-19-13)11-2-1-5-18-10-11)20-6-3-17(4-7-20)9-12(17)16(22)23/h1-2,5,8,10,12H,3-4,6-7,9H2,(H,22,23). The Bertz CT molecular complexity index is 778. The molecule has 1 unspecified atom stereocenters. The number of carbonyl (C=O) groups excluding carboxylic acids is 1. The van der Waals surface area contributed by atoms with Gasteiger partial charge >= 0.3 is 5.97 Å². The van der Waals surface area contributed by atoms with Crippen molar-refractivity contribution in [1.82, 2.24) is 15.0 Å². The third-order valence-corrected chi connectivity index (χ3v) is 5.21. The molecule has 1 aliphatic carbocycles. The van der Waals surface area contributed by atoms with Gasteiger partial charge in [0.05, 0.1) is 5.92 Å². The molecule has 24 heavy (non-hydrogen) atoms. The number of hydrogen-bond donors (Lipinski definition) is 1. The number of hydrogen-bond acceptors (Lipinski definition) is 5. The zero-order chi connectivity index (χ0) is 16.7. The maximum Gasteiger partial charge on any atom is 0.307 e. The van der Waals surface area contributed by atoms with E-state index in [9.17, 15) is 9.59 Å². The quantitative estimate of drug-likeness (QED) is 0.927. The molecule has 0 bridgehead atoms. The van der Waals surface area contributed by atoms with Crippen LogP contribution in [-0.4, -0.2) is 45.1 Å². The van der Waals surface area contributed by atoms with Gasteiger partial charge in [-0.2, -0.15) is 0 Å². The number of piperidine rings is 1. The summed E-state index contributed by atoms with van der Waals surface area (Å²) in [5.74, 6) is -0.615. The van der Waals surface area contributed by atoms with Crippen molar-refractivity contribution >= 4 is 11.9 Å². The summed E-state index contributed by atoms with van der Waals surface area (Å²) in [6.07, 6.45) is 5.53. The predicted molar refractivity (Wildman–Crippen MR) is 83.0 cm³/mol. The number of pyridine rings is 1. The molecule has 1 amide bonds. The van der Waals surface area contributed by atoms with Gasteiger partial charge in [-0.1, -0.05) is 5.16 Å². The summed E-state index contributed by atoms with van der Waals surface area (Å²) in [5, 5.41) is 13.0. The Labute approximate surface area is 138 Å². The summed E-state index contributed by atoms with van der Waals surface area (Å²) in [5.41, 5.74) is 0.951. The van der Waals surface area contributed by atoms with Crippen LogP contribution >= 0.6 is 0 Å². The molecule has 0 radical (unpaired) electrons. The van der Waals surface area contributed by atoms with Crippen molar-refractivity contribution in [3.8, 4) is 11.3 Å². The lowest BCUT2D eigenvalue weighted by atomic mass is 9.90. The highest BCUT2D eigenvalue weighted by molar-refractivity contribution is 5.93. The average Bonchev–Trinajstić information content (AvgIpc) is 3.09. The molecule has 4 rings (SSSR count). The second-order valence-corrected chi connectivity index (χ2v) is 6.57. The SMILES string of the molecule is O=C(O)C1CC12CCN(C(=O)c1cc(-c3cccnc3)on1)CC2. The minimum absolute atomic E-state index is 0.0900. The van der Waals surface area contributed by atoms with E-state index < -0.39 is 5.97 Å². The van der Waals surface area contributed by atoms with Crippen molar-refractivity contribution in [3.05, 3.63) is 36.3 Å². The zero-order valence-corrected chi connectivity index (χ0v) is 13.0. The van der Waals surface area contributed by atoms with E-state index in [1.54, 1.807) is 29.4 Å². The first-order valence-corrected chi connectivity index (χ1v) is 7.98. The highest BCUT2D eigenvalue weighted by atomic mass is 16.5. The van der Waals surface area contributed by atoms with Crippen LogP contribution in [0.4, 0.5) is 0 Å². The summed E-state index contributed by atoms with van der Waals surface area (Å²) in [7, 11) is 0. The highest BCUT2D eigenvalue weighted by Gasteiger charge is 2.59. The van der Waals surface area contributed by atoms with Gasteiger partial charge in [0.1, 0.15) is 0 Å². The Hall–Kier alpha value is -2.70. The number of nitrogens with zero attached hydrogens (tertiary/aromatic N) is 3. The smallest absolute Gasteiger partial charge is 0.307 e. The molecule has 1 saturated carbocycles. The third-order valence-electron chi connectivity index (χ3n) is 5.21. The lowest BCUT2D eigenvalue weighted by Gasteiger charge is -2.32. The number of carboxylic acids is 1. The molecule has 7 heteroatoms. The Kier molecular flexibility index (Phi) is 3.37. The molecule has 2 aromatic rings. The number of aliphatic carboxylic acids is 1. The maximum atomic E-state index is 12.6. The molecule has 2 aliphatic rings. The van der Waals surface area contributed by atoms with Crippen LogP contribution in [0.5, 0.6) is 0 Å². The first kappa shape index (κ1) is 14.9. The first-order chi connectivity index (χ1) is 11.6. The number of rotatable bonds is 3. The van der Waals surface area contributed by atoms with Gasteiger partial charge in [0.2, 0.25) is 0 Å². The Morgan fingerprint density at radius 3 is 2.75 bits per heavy atom. The molecule has 1 spiro atoms. The Balaban J connectivity index is 1.43. The van der Waals surface area contributed by atoms with Crippen LogP contribution in [0.1, 0.15) is 29.8 Å². The van der Waals surface area contributed by atoms with E-state index in [0.29, 0.717) is 18.8 Å². The number of aromatic nitrogens is 2. The van der Waals surface area contributed by atoms with E-state index in [2.05, 4.69) is 10.1 Å². The van der Waals surface area contributed by atoms with Crippen LogP contribution in [0.25, 0.3) is 11.3 Å². The second kappa shape index (κ2) is 5.43. The largest absolute Gasteiger partial charge is 0.481 e. The van der Waals surface area contributed by atoms with Crippen molar-refractivity contribution in [2.75, 3.05) is 13.1 Å².